The van der Waals surface area contributed by atoms with Gasteiger partial charge < -0.3 is 14.2 Å². The fraction of sp³-hybridized carbons (Fsp3) is 0.571. The zero-order chi connectivity index (χ0) is 13.6. The molecule has 0 amide bonds. The van der Waals surface area contributed by atoms with E-state index in [0.29, 0.717) is 19.8 Å². The number of rotatable bonds is 6. The van der Waals surface area contributed by atoms with Crippen molar-refractivity contribution in [3.63, 3.8) is 0 Å². The van der Waals surface area contributed by atoms with E-state index < -0.39 is 0 Å². The summed E-state index contributed by atoms with van der Waals surface area (Å²) in [6.07, 6.45) is 0. The fourth-order valence-electron chi connectivity index (χ4n) is 1.38. The third-order valence-electron chi connectivity index (χ3n) is 2.27. The molecule has 0 spiro atoms. The molecule has 18 heavy (non-hydrogen) atoms. The summed E-state index contributed by atoms with van der Waals surface area (Å²) in [6.45, 7) is 7.83. The maximum absolute atomic E-state index is 5.58. The van der Waals surface area contributed by atoms with Crippen molar-refractivity contribution in [3.05, 3.63) is 28.2 Å². The van der Waals surface area contributed by atoms with E-state index in [9.17, 15) is 0 Å². The van der Waals surface area contributed by atoms with Crippen molar-refractivity contribution >= 4 is 15.9 Å². The maximum Gasteiger partial charge on any atom is 0.119 e. The lowest BCUT2D eigenvalue weighted by atomic mass is 10.2. The van der Waals surface area contributed by atoms with Gasteiger partial charge in [-0.25, -0.2) is 0 Å². The van der Waals surface area contributed by atoms with Crippen molar-refractivity contribution < 1.29 is 14.2 Å². The van der Waals surface area contributed by atoms with Crippen LogP contribution in [0.3, 0.4) is 0 Å². The van der Waals surface area contributed by atoms with Crippen LogP contribution in [0, 0.1) is 0 Å². The molecule has 0 radical (unpaired) electrons. The molecule has 0 fully saturated rings. The summed E-state index contributed by atoms with van der Waals surface area (Å²) in [5.74, 6) is 0.836. The molecule has 1 rings (SSSR count). The lowest BCUT2D eigenvalue weighted by Crippen LogP contribution is -2.21. The average molecular weight is 317 g/mol. The normalized spacial score (nSPS) is 11.6. The highest BCUT2D eigenvalue weighted by atomic mass is 79.9. The molecule has 0 saturated heterocycles. The zero-order valence-electron chi connectivity index (χ0n) is 11.5. The summed E-state index contributed by atoms with van der Waals surface area (Å²) >= 11 is 3.49. The third kappa shape index (κ3) is 5.85. The molecule has 0 aliphatic rings. The molecule has 3 nitrogen and oxygen atoms in total. The first-order valence-electron chi connectivity index (χ1n) is 5.96. The Morgan fingerprint density at radius 3 is 2.50 bits per heavy atom. The third-order valence-corrected chi connectivity index (χ3v) is 3.05. The lowest BCUT2D eigenvalue weighted by Gasteiger charge is -2.19. The highest BCUT2D eigenvalue weighted by Gasteiger charge is 2.09. The molecule has 0 atom stereocenters. The van der Waals surface area contributed by atoms with Crippen LogP contribution in [-0.2, 0) is 16.1 Å². The van der Waals surface area contributed by atoms with Crippen LogP contribution in [0.5, 0.6) is 5.75 Å². The van der Waals surface area contributed by atoms with E-state index >= 15 is 0 Å². The maximum atomic E-state index is 5.58. The molecule has 102 valence electrons. The summed E-state index contributed by atoms with van der Waals surface area (Å²) in [4.78, 5) is 0. The Morgan fingerprint density at radius 2 is 1.89 bits per heavy atom. The SMILES string of the molecule is COc1ccc(Br)c(COCCOC(C)(C)C)c1. The molecular weight excluding hydrogens is 296 g/mol. The van der Waals surface area contributed by atoms with E-state index in [1.165, 1.54) is 0 Å². The Bertz CT molecular complexity index is 372. The van der Waals surface area contributed by atoms with Crippen molar-refractivity contribution in [1.29, 1.82) is 0 Å². The van der Waals surface area contributed by atoms with Crippen molar-refractivity contribution in [1.82, 2.24) is 0 Å². The second kappa shape index (κ2) is 7.12. The Hall–Kier alpha value is -0.580. The molecule has 0 unspecified atom stereocenters. The van der Waals surface area contributed by atoms with Gasteiger partial charge in [-0.3, -0.25) is 0 Å². The molecule has 1 aromatic rings. The summed E-state index contributed by atoms with van der Waals surface area (Å²) in [6, 6.07) is 5.84. The van der Waals surface area contributed by atoms with Gasteiger partial charge in [0.2, 0.25) is 0 Å². The summed E-state index contributed by atoms with van der Waals surface area (Å²) < 4.78 is 17.4. The molecule has 0 aliphatic carbocycles. The monoisotopic (exact) mass is 316 g/mol. The van der Waals surface area contributed by atoms with Gasteiger partial charge in [-0.1, -0.05) is 15.9 Å². The second-order valence-electron chi connectivity index (χ2n) is 4.97. The Kier molecular flexibility index (Phi) is 6.12. The number of methoxy groups -OCH3 is 1. The lowest BCUT2D eigenvalue weighted by molar-refractivity contribution is -0.0377. The standard InChI is InChI=1S/C14H21BrO3/c1-14(2,3)18-8-7-17-10-11-9-12(16-4)5-6-13(11)15/h5-6,9H,7-8,10H2,1-4H3. The molecule has 0 saturated carbocycles. The number of halogens is 1. The molecule has 0 N–H and O–H groups in total. The van der Waals surface area contributed by atoms with Crippen LogP contribution in [0.2, 0.25) is 0 Å². The van der Waals surface area contributed by atoms with Gasteiger partial charge in [0.25, 0.3) is 0 Å². The largest absolute Gasteiger partial charge is 0.497 e. The number of ether oxygens (including phenoxy) is 3. The molecule has 0 heterocycles. The molecule has 4 heteroatoms. The van der Waals surface area contributed by atoms with E-state index in [4.69, 9.17) is 14.2 Å². The predicted molar refractivity (Wildman–Crippen MR) is 76.1 cm³/mol. The topological polar surface area (TPSA) is 27.7 Å². The van der Waals surface area contributed by atoms with Crippen LogP contribution < -0.4 is 4.74 Å². The van der Waals surface area contributed by atoms with Gasteiger partial charge in [-0.05, 0) is 44.5 Å². The Morgan fingerprint density at radius 1 is 1.17 bits per heavy atom. The van der Waals surface area contributed by atoms with Crippen LogP contribution >= 0.6 is 15.9 Å². The number of hydrogen-bond acceptors (Lipinski definition) is 3. The van der Waals surface area contributed by atoms with Gasteiger partial charge in [0.1, 0.15) is 5.75 Å². The van der Waals surface area contributed by atoms with Gasteiger partial charge in [0.15, 0.2) is 0 Å². The first kappa shape index (κ1) is 15.5. The summed E-state index contributed by atoms with van der Waals surface area (Å²) in [5.41, 5.74) is 0.963. The number of benzene rings is 1. The fourth-order valence-corrected chi connectivity index (χ4v) is 1.74. The highest BCUT2D eigenvalue weighted by Crippen LogP contribution is 2.23. The van der Waals surface area contributed by atoms with Crippen LogP contribution in [0.15, 0.2) is 22.7 Å². The molecular formula is C14H21BrO3. The van der Waals surface area contributed by atoms with E-state index in [2.05, 4.69) is 15.9 Å². The minimum Gasteiger partial charge on any atom is -0.497 e. The van der Waals surface area contributed by atoms with Crippen molar-refractivity contribution in [2.45, 2.75) is 33.0 Å². The quantitative estimate of drug-likeness (QED) is 0.747. The number of hydrogen-bond donors (Lipinski definition) is 0. The Balaban J connectivity index is 2.35. The first-order chi connectivity index (χ1) is 8.42. The first-order valence-corrected chi connectivity index (χ1v) is 6.76. The van der Waals surface area contributed by atoms with Crippen LogP contribution in [0.4, 0.5) is 0 Å². The zero-order valence-corrected chi connectivity index (χ0v) is 13.0. The van der Waals surface area contributed by atoms with Gasteiger partial charge in [-0.2, -0.15) is 0 Å². The molecule has 0 bridgehead atoms. The smallest absolute Gasteiger partial charge is 0.119 e. The minimum absolute atomic E-state index is 0.111. The van der Waals surface area contributed by atoms with Gasteiger partial charge in [0, 0.05) is 4.47 Å². The van der Waals surface area contributed by atoms with Crippen LogP contribution in [0.1, 0.15) is 26.3 Å². The van der Waals surface area contributed by atoms with E-state index in [0.717, 1.165) is 15.8 Å². The van der Waals surface area contributed by atoms with E-state index in [1.54, 1.807) is 7.11 Å². The molecule has 0 aromatic heterocycles. The van der Waals surface area contributed by atoms with E-state index in [-0.39, 0.29) is 5.60 Å². The summed E-state index contributed by atoms with van der Waals surface area (Å²) in [7, 11) is 1.66. The molecule has 0 aliphatic heterocycles. The molecule has 1 aromatic carbocycles. The van der Waals surface area contributed by atoms with Crippen LogP contribution in [0.25, 0.3) is 0 Å². The van der Waals surface area contributed by atoms with Crippen LogP contribution in [-0.4, -0.2) is 25.9 Å². The van der Waals surface area contributed by atoms with Gasteiger partial charge in [-0.15, -0.1) is 0 Å². The average Bonchev–Trinajstić information content (AvgIpc) is 2.29. The predicted octanol–water partition coefficient (Wildman–Crippen LogP) is 3.79. The minimum atomic E-state index is -0.111. The Labute approximate surface area is 118 Å². The van der Waals surface area contributed by atoms with Crippen molar-refractivity contribution in [3.8, 4) is 5.75 Å². The van der Waals surface area contributed by atoms with E-state index in [1.807, 2.05) is 39.0 Å². The highest BCUT2D eigenvalue weighted by molar-refractivity contribution is 9.10. The summed E-state index contributed by atoms with van der Waals surface area (Å²) in [5, 5.41) is 0. The van der Waals surface area contributed by atoms with Gasteiger partial charge in [0.05, 0.1) is 32.5 Å². The van der Waals surface area contributed by atoms with Gasteiger partial charge >= 0.3 is 0 Å². The van der Waals surface area contributed by atoms with Crippen molar-refractivity contribution in [2.75, 3.05) is 20.3 Å². The van der Waals surface area contributed by atoms with Crippen molar-refractivity contribution in [2.24, 2.45) is 0 Å². The second-order valence-corrected chi connectivity index (χ2v) is 5.83.